The number of aromatic amines is 1. The van der Waals surface area contributed by atoms with Crippen molar-refractivity contribution in [1.29, 1.82) is 0 Å². The smallest absolute Gasteiger partial charge is 0.244 e. The molecule has 1 aromatic carbocycles. The Morgan fingerprint density at radius 2 is 2.05 bits per heavy atom. The number of halogens is 1. The van der Waals surface area contributed by atoms with Gasteiger partial charge in [-0.25, -0.2) is 0 Å². The van der Waals surface area contributed by atoms with Gasteiger partial charge in [0.05, 0.1) is 0 Å². The van der Waals surface area contributed by atoms with E-state index >= 15 is 0 Å². The summed E-state index contributed by atoms with van der Waals surface area (Å²) in [6.45, 7) is 2.73. The second kappa shape index (κ2) is 6.45. The van der Waals surface area contributed by atoms with E-state index in [0.717, 1.165) is 54.8 Å². The molecule has 0 spiro atoms. The van der Waals surface area contributed by atoms with Gasteiger partial charge in [-0.05, 0) is 36.9 Å². The molecule has 1 aromatic heterocycles. The second-order valence-corrected chi connectivity index (χ2v) is 5.92. The fourth-order valence-corrected chi connectivity index (χ4v) is 2.90. The molecule has 0 aliphatic carbocycles. The molecule has 1 fully saturated rings. The van der Waals surface area contributed by atoms with Crippen molar-refractivity contribution < 1.29 is 0 Å². The molecule has 1 aliphatic rings. The van der Waals surface area contributed by atoms with Gasteiger partial charge >= 0.3 is 0 Å². The van der Waals surface area contributed by atoms with Crippen molar-refractivity contribution in [3.8, 4) is 0 Å². The zero-order valence-corrected chi connectivity index (χ0v) is 12.7. The first-order chi connectivity index (χ1) is 10.3. The van der Waals surface area contributed by atoms with Crippen LogP contribution in [0.2, 0.25) is 5.02 Å². The van der Waals surface area contributed by atoms with Crippen LogP contribution < -0.4 is 10.6 Å². The van der Waals surface area contributed by atoms with Gasteiger partial charge in [-0.2, -0.15) is 4.98 Å². The zero-order chi connectivity index (χ0) is 14.7. The fourth-order valence-electron chi connectivity index (χ4n) is 2.70. The molecule has 0 saturated carbocycles. The number of H-pyrrole nitrogens is 1. The molecule has 3 rings (SSSR count). The van der Waals surface area contributed by atoms with Crippen LogP contribution in [-0.4, -0.2) is 34.8 Å². The lowest BCUT2D eigenvalue weighted by molar-refractivity contribution is 0.411. The molecular formula is C15H20ClN5. The molecule has 0 radical (unpaired) electrons. The van der Waals surface area contributed by atoms with Crippen LogP contribution in [0.4, 0.5) is 5.95 Å². The van der Waals surface area contributed by atoms with Crippen molar-refractivity contribution >= 4 is 17.5 Å². The van der Waals surface area contributed by atoms with E-state index in [1.165, 1.54) is 0 Å². The van der Waals surface area contributed by atoms with Gasteiger partial charge in [0.2, 0.25) is 5.95 Å². The molecule has 1 saturated heterocycles. The lowest BCUT2D eigenvalue weighted by Gasteiger charge is -2.30. The first kappa shape index (κ1) is 14.4. The third kappa shape index (κ3) is 3.36. The molecule has 2 aromatic rings. The van der Waals surface area contributed by atoms with E-state index in [-0.39, 0.29) is 0 Å². The molecule has 112 valence electrons. The van der Waals surface area contributed by atoms with E-state index in [1.807, 2.05) is 24.3 Å². The number of nitrogens with two attached hydrogens (primary N) is 1. The number of hydrogen-bond acceptors (Lipinski definition) is 4. The Morgan fingerprint density at radius 3 is 2.76 bits per heavy atom. The van der Waals surface area contributed by atoms with Crippen LogP contribution >= 0.6 is 11.6 Å². The van der Waals surface area contributed by atoms with Crippen LogP contribution in [0.5, 0.6) is 0 Å². The van der Waals surface area contributed by atoms with Gasteiger partial charge in [0.1, 0.15) is 5.82 Å². The average molecular weight is 306 g/mol. The third-order valence-electron chi connectivity index (χ3n) is 4.07. The Morgan fingerprint density at radius 1 is 1.29 bits per heavy atom. The molecule has 3 N–H and O–H groups in total. The quantitative estimate of drug-likeness (QED) is 0.908. The molecule has 0 unspecified atom stereocenters. The van der Waals surface area contributed by atoms with Gasteiger partial charge in [0.25, 0.3) is 0 Å². The van der Waals surface area contributed by atoms with Gasteiger partial charge in [0.15, 0.2) is 0 Å². The predicted octanol–water partition coefficient (Wildman–Crippen LogP) is 2.22. The summed E-state index contributed by atoms with van der Waals surface area (Å²) in [5.41, 5.74) is 6.78. The number of nitrogens with zero attached hydrogens (tertiary/aromatic N) is 3. The van der Waals surface area contributed by atoms with Crippen LogP contribution in [0, 0.1) is 5.92 Å². The Labute approximate surface area is 129 Å². The number of piperidine rings is 1. The molecule has 2 heterocycles. The summed E-state index contributed by atoms with van der Waals surface area (Å²) < 4.78 is 0. The van der Waals surface area contributed by atoms with Gasteiger partial charge in [-0.15, -0.1) is 5.10 Å². The van der Waals surface area contributed by atoms with Crippen LogP contribution in [0.25, 0.3) is 0 Å². The van der Waals surface area contributed by atoms with Crippen LogP contribution in [0.15, 0.2) is 24.3 Å². The highest BCUT2D eigenvalue weighted by Gasteiger charge is 2.21. The van der Waals surface area contributed by atoms with E-state index in [9.17, 15) is 0 Å². The molecule has 5 nitrogen and oxygen atoms in total. The summed E-state index contributed by atoms with van der Waals surface area (Å²) in [5, 5.41) is 8.11. The number of hydrogen-bond donors (Lipinski definition) is 2. The number of nitrogens with one attached hydrogen (secondary N) is 1. The van der Waals surface area contributed by atoms with Gasteiger partial charge in [-0.1, -0.05) is 29.8 Å². The Hall–Kier alpha value is -1.59. The minimum absolute atomic E-state index is 0.641. The highest BCUT2D eigenvalue weighted by molar-refractivity contribution is 6.31. The Kier molecular flexibility index (Phi) is 4.41. The summed E-state index contributed by atoms with van der Waals surface area (Å²) >= 11 is 6.18. The number of benzene rings is 1. The maximum absolute atomic E-state index is 6.18. The summed E-state index contributed by atoms with van der Waals surface area (Å²) in [7, 11) is 0. The van der Waals surface area contributed by atoms with E-state index in [0.29, 0.717) is 12.3 Å². The van der Waals surface area contributed by atoms with E-state index in [1.54, 1.807) is 0 Å². The standard InChI is InChI=1S/C15H20ClN5/c16-13-4-2-1-3-12(13)9-14-18-15(20-19-14)21-7-5-11(10-17)6-8-21/h1-4,11H,5-10,17H2,(H,18,19,20). The highest BCUT2D eigenvalue weighted by atomic mass is 35.5. The normalized spacial score (nSPS) is 16.4. The van der Waals surface area contributed by atoms with Crippen LogP contribution in [0.1, 0.15) is 24.2 Å². The minimum atomic E-state index is 0.641. The van der Waals surface area contributed by atoms with Gasteiger partial charge < -0.3 is 10.6 Å². The summed E-state index contributed by atoms with van der Waals surface area (Å²) in [4.78, 5) is 6.81. The summed E-state index contributed by atoms with van der Waals surface area (Å²) in [6.07, 6.45) is 2.90. The first-order valence-corrected chi connectivity index (χ1v) is 7.73. The Balaban J connectivity index is 1.65. The third-order valence-corrected chi connectivity index (χ3v) is 4.44. The molecule has 1 aliphatic heterocycles. The molecule has 0 amide bonds. The van der Waals surface area contributed by atoms with Crippen molar-refractivity contribution in [2.75, 3.05) is 24.5 Å². The fraction of sp³-hybridized carbons (Fsp3) is 0.467. The SMILES string of the molecule is NCC1CCN(c2n[nH]c(Cc3ccccc3Cl)n2)CC1. The van der Waals surface area contributed by atoms with Gasteiger partial charge in [-0.3, -0.25) is 5.10 Å². The maximum atomic E-state index is 6.18. The van der Waals surface area contributed by atoms with Crippen molar-refractivity contribution in [2.45, 2.75) is 19.3 Å². The number of aromatic nitrogens is 3. The van der Waals surface area contributed by atoms with Crippen LogP contribution in [-0.2, 0) is 6.42 Å². The maximum Gasteiger partial charge on any atom is 0.244 e. The van der Waals surface area contributed by atoms with Crippen molar-refractivity contribution in [3.63, 3.8) is 0 Å². The average Bonchev–Trinajstić information content (AvgIpc) is 2.98. The number of rotatable bonds is 4. The van der Waals surface area contributed by atoms with Crippen molar-refractivity contribution in [1.82, 2.24) is 15.2 Å². The van der Waals surface area contributed by atoms with Crippen molar-refractivity contribution in [3.05, 3.63) is 40.7 Å². The van der Waals surface area contributed by atoms with E-state index in [4.69, 9.17) is 17.3 Å². The van der Waals surface area contributed by atoms with Gasteiger partial charge in [0, 0.05) is 24.5 Å². The first-order valence-electron chi connectivity index (χ1n) is 7.36. The molecule has 0 atom stereocenters. The molecular weight excluding hydrogens is 286 g/mol. The predicted molar refractivity (Wildman–Crippen MR) is 84.6 cm³/mol. The zero-order valence-electron chi connectivity index (χ0n) is 11.9. The second-order valence-electron chi connectivity index (χ2n) is 5.52. The largest absolute Gasteiger partial charge is 0.340 e. The summed E-state index contributed by atoms with van der Waals surface area (Å²) in [5.74, 6) is 2.27. The van der Waals surface area contributed by atoms with E-state index in [2.05, 4.69) is 20.1 Å². The lowest BCUT2D eigenvalue weighted by Crippen LogP contribution is -2.36. The lowest BCUT2D eigenvalue weighted by atomic mass is 9.97. The number of anilines is 1. The topological polar surface area (TPSA) is 70.8 Å². The molecule has 21 heavy (non-hydrogen) atoms. The monoisotopic (exact) mass is 305 g/mol. The molecule has 0 bridgehead atoms. The Bertz CT molecular complexity index is 589. The highest BCUT2D eigenvalue weighted by Crippen LogP contribution is 2.21. The van der Waals surface area contributed by atoms with Crippen LogP contribution in [0.3, 0.4) is 0 Å². The van der Waals surface area contributed by atoms with Crippen molar-refractivity contribution in [2.24, 2.45) is 11.7 Å². The summed E-state index contributed by atoms with van der Waals surface area (Å²) in [6, 6.07) is 7.82. The minimum Gasteiger partial charge on any atom is -0.340 e. The molecule has 6 heteroatoms. The van der Waals surface area contributed by atoms with E-state index < -0.39 is 0 Å².